The Labute approximate surface area is 147 Å². The van der Waals surface area contributed by atoms with E-state index in [-0.39, 0.29) is 35.5 Å². The molecule has 3 nitrogen and oxygen atoms in total. The summed E-state index contributed by atoms with van der Waals surface area (Å²) in [5.41, 5.74) is 0. The summed E-state index contributed by atoms with van der Waals surface area (Å²) in [4.78, 5) is 10.5. The molecule has 0 fully saturated rings. The van der Waals surface area contributed by atoms with E-state index in [4.69, 9.17) is 0 Å². The fourth-order valence-electron chi connectivity index (χ4n) is 2.14. The predicted octanol–water partition coefficient (Wildman–Crippen LogP) is -0.113. The van der Waals surface area contributed by atoms with Crippen molar-refractivity contribution in [2.75, 3.05) is 13.1 Å². The standard InChI is InChI=1S/C16H33NO2.Na/c1-3-4-5-6-7-8-9-10-11-12-13-17-14-15(2)16(18)19;/h15,17H,3-14H2,1-2H3,(H,18,19);/q;+1/p-1. The molecule has 0 aromatic heterocycles. The zero-order chi connectivity index (χ0) is 14.3. The van der Waals surface area contributed by atoms with Crippen molar-refractivity contribution < 1.29 is 39.5 Å². The maximum Gasteiger partial charge on any atom is 1.00 e. The van der Waals surface area contributed by atoms with Gasteiger partial charge in [0.25, 0.3) is 0 Å². The van der Waals surface area contributed by atoms with Gasteiger partial charge in [0.05, 0.1) is 0 Å². The fraction of sp³-hybridized carbons (Fsp3) is 0.938. The van der Waals surface area contributed by atoms with Gasteiger partial charge in [0, 0.05) is 18.4 Å². The third-order valence-electron chi connectivity index (χ3n) is 3.56. The van der Waals surface area contributed by atoms with Gasteiger partial charge in [0.2, 0.25) is 0 Å². The Morgan fingerprint density at radius 1 is 0.950 bits per heavy atom. The minimum Gasteiger partial charge on any atom is -0.550 e. The molecule has 0 bridgehead atoms. The van der Waals surface area contributed by atoms with E-state index >= 15 is 0 Å². The van der Waals surface area contributed by atoms with Gasteiger partial charge in [0.15, 0.2) is 0 Å². The number of carboxylic acid groups (broad SMARTS) is 1. The normalized spacial score (nSPS) is 11.9. The maximum absolute atomic E-state index is 10.5. The molecule has 1 N–H and O–H groups in total. The monoisotopic (exact) mass is 293 g/mol. The SMILES string of the molecule is CCCCCCCCCCCCNCC(C)C(=O)[O-].[Na+]. The van der Waals surface area contributed by atoms with Crippen molar-refractivity contribution in [3.05, 3.63) is 0 Å². The van der Waals surface area contributed by atoms with Gasteiger partial charge in [-0.05, 0) is 13.0 Å². The Hall–Kier alpha value is 0.430. The van der Waals surface area contributed by atoms with Gasteiger partial charge < -0.3 is 15.2 Å². The average molecular weight is 293 g/mol. The minimum absolute atomic E-state index is 0. The van der Waals surface area contributed by atoms with Gasteiger partial charge in [0.1, 0.15) is 0 Å². The molecule has 0 aromatic rings. The molecule has 1 unspecified atom stereocenters. The molecule has 0 aromatic carbocycles. The summed E-state index contributed by atoms with van der Waals surface area (Å²) in [5.74, 6) is -1.35. The molecule has 0 saturated carbocycles. The summed E-state index contributed by atoms with van der Waals surface area (Å²) in [5, 5.41) is 13.7. The van der Waals surface area contributed by atoms with Crippen molar-refractivity contribution in [1.82, 2.24) is 5.32 Å². The van der Waals surface area contributed by atoms with Crippen LogP contribution in [0.5, 0.6) is 0 Å². The smallest absolute Gasteiger partial charge is 0.550 e. The van der Waals surface area contributed by atoms with E-state index in [1.54, 1.807) is 6.92 Å². The zero-order valence-electron chi connectivity index (χ0n) is 13.9. The van der Waals surface area contributed by atoms with Gasteiger partial charge >= 0.3 is 29.6 Å². The number of hydrogen-bond donors (Lipinski definition) is 1. The number of carboxylic acids is 1. The molecule has 0 radical (unpaired) electrons. The number of aliphatic carboxylic acids is 1. The molecule has 114 valence electrons. The number of rotatable bonds is 14. The van der Waals surface area contributed by atoms with Crippen LogP contribution in [-0.4, -0.2) is 19.1 Å². The number of nitrogens with one attached hydrogen (secondary N) is 1. The summed E-state index contributed by atoms with van der Waals surface area (Å²) in [7, 11) is 0. The first-order valence-electron chi connectivity index (χ1n) is 8.10. The van der Waals surface area contributed by atoms with Crippen LogP contribution in [0, 0.1) is 5.92 Å². The largest absolute Gasteiger partial charge is 1.00 e. The predicted molar refractivity (Wildman–Crippen MR) is 78.9 cm³/mol. The Morgan fingerprint density at radius 3 is 1.85 bits per heavy atom. The fourth-order valence-corrected chi connectivity index (χ4v) is 2.14. The summed E-state index contributed by atoms with van der Waals surface area (Å²) in [6, 6.07) is 0. The quantitative estimate of drug-likeness (QED) is 0.359. The molecule has 0 aliphatic carbocycles. The summed E-state index contributed by atoms with van der Waals surface area (Å²) < 4.78 is 0. The maximum atomic E-state index is 10.5. The Morgan fingerprint density at radius 2 is 1.40 bits per heavy atom. The molecule has 0 aliphatic heterocycles. The molecule has 0 spiro atoms. The first-order chi connectivity index (χ1) is 9.18. The summed E-state index contributed by atoms with van der Waals surface area (Å²) >= 11 is 0. The van der Waals surface area contributed by atoms with Gasteiger partial charge in [-0.15, -0.1) is 0 Å². The van der Waals surface area contributed by atoms with Crippen LogP contribution in [0.15, 0.2) is 0 Å². The van der Waals surface area contributed by atoms with Crippen LogP contribution in [-0.2, 0) is 4.79 Å². The first-order valence-corrected chi connectivity index (χ1v) is 8.10. The molecule has 0 aliphatic rings. The van der Waals surface area contributed by atoms with E-state index < -0.39 is 5.97 Å². The topological polar surface area (TPSA) is 52.2 Å². The van der Waals surface area contributed by atoms with Crippen LogP contribution < -0.4 is 40.0 Å². The number of hydrogen-bond acceptors (Lipinski definition) is 3. The van der Waals surface area contributed by atoms with E-state index in [1.807, 2.05) is 0 Å². The van der Waals surface area contributed by atoms with E-state index in [1.165, 1.54) is 57.8 Å². The first kappa shape index (κ1) is 22.7. The van der Waals surface area contributed by atoms with Crippen LogP contribution in [0.3, 0.4) is 0 Å². The van der Waals surface area contributed by atoms with Gasteiger partial charge in [-0.3, -0.25) is 0 Å². The van der Waals surface area contributed by atoms with Gasteiger partial charge in [-0.2, -0.15) is 0 Å². The van der Waals surface area contributed by atoms with E-state index in [9.17, 15) is 9.90 Å². The molecule has 4 heteroatoms. The van der Waals surface area contributed by atoms with Crippen molar-refractivity contribution in [2.24, 2.45) is 5.92 Å². The molecule has 1 atom stereocenters. The van der Waals surface area contributed by atoms with Crippen LogP contribution in [0.25, 0.3) is 0 Å². The van der Waals surface area contributed by atoms with Crippen LogP contribution in [0.4, 0.5) is 0 Å². The number of carbonyl (C=O) groups is 1. The van der Waals surface area contributed by atoms with Gasteiger partial charge in [-0.25, -0.2) is 0 Å². The van der Waals surface area contributed by atoms with Crippen LogP contribution >= 0.6 is 0 Å². The van der Waals surface area contributed by atoms with Crippen molar-refractivity contribution >= 4 is 5.97 Å². The summed E-state index contributed by atoms with van der Waals surface area (Å²) in [6.45, 7) is 5.39. The Kier molecular flexibility index (Phi) is 19.8. The molecule has 20 heavy (non-hydrogen) atoms. The van der Waals surface area contributed by atoms with Gasteiger partial charge in [-0.1, -0.05) is 71.6 Å². The number of unbranched alkanes of at least 4 members (excludes halogenated alkanes) is 9. The van der Waals surface area contributed by atoms with Crippen molar-refractivity contribution in [2.45, 2.75) is 78.1 Å². The molecule has 0 saturated heterocycles. The number of carbonyl (C=O) groups excluding carboxylic acids is 1. The minimum atomic E-state index is -0.962. The third kappa shape index (κ3) is 16.5. The third-order valence-corrected chi connectivity index (χ3v) is 3.56. The average Bonchev–Trinajstić information content (AvgIpc) is 2.39. The van der Waals surface area contributed by atoms with Crippen LogP contribution in [0.2, 0.25) is 0 Å². The second-order valence-electron chi connectivity index (χ2n) is 5.61. The summed E-state index contributed by atoms with van der Waals surface area (Å²) in [6.07, 6.45) is 13.3. The second kappa shape index (κ2) is 17.5. The van der Waals surface area contributed by atoms with Crippen molar-refractivity contribution in [1.29, 1.82) is 0 Å². The molecule has 0 rings (SSSR count). The second-order valence-corrected chi connectivity index (χ2v) is 5.61. The zero-order valence-corrected chi connectivity index (χ0v) is 15.9. The Bertz CT molecular complexity index is 213. The molecular weight excluding hydrogens is 261 g/mol. The Balaban J connectivity index is 0. The molecule has 0 amide bonds. The van der Waals surface area contributed by atoms with Crippen LogP contribution in [0.1, 0.15) is 78.1 Å². The van der Waals surface area contributed by atoms with Crippen molar-refractivity contribution in [3.63, 3.8) is 0 Å². The van der Waals surface area contributed by atoms with E-state index in [0.717, 1.165) is 13.0 Å². The van der Waals surface area contributed by atoms with E-state index in [0.29, 0.717) is 6.54 Å². The van der Waals surface area contributed by atoms with Crippen molar-refractivity contribution in [3.8, 4) is 0 Å². The van der Waals surface area contributed by atoms with E-state index in [2.05, 4.69) is 12.2 Å². The molecule has 0 heterocycles. The molecular formula is C16H32NNaO2.